The van der Waals surface area contributed by atoms with Crippen LogP contribution >= 0.6 is 11.6 Å². The lowest BCUT2D eigenvalue weighted by molar-refractivity contribution is -0.137. The van der Waals surface area contributed by atoms with Crippen molar-refractivity contribution in [2.45, 2.75) is 77.3 Å². The van der Waals surface area contributed by atoms with Crippen molar-refractivity contribution in [3.05, 3.63) is 51.9 Å². The van der Waals surface area contributed by atoms with Crippen LogP contribution in [-0.2, 0) is 16.1 Å². The van der Waals surface area contributed by atoms with Crippen LogP contribution in [0, 0.1) is 0 Å². The molecular weight excluding hydrogens is 480 g/mol. The fraction of sp³-hybridized carbons (Fsp3) is 0.481. The van der Waals surface area contributed by atoms with Gasteiger partial charge in [0.15, 0.2) is 5.78 Å². The second-order valence-corrected chi connectivity index (χ2v) is 9.86. The number of rotatable bonds is 11. The molecule has 1 saturated heterocycles. The lowest BCUT2D eigenvalue weighted by Gasteiger charge is -2.38. The summed E-state index contributed by atoms with van der Waals surface area (Å²) in [6, 6.07) is 8.62. The highest BCUT2D eigenvalue weighted by Gasteiger charge is 2.31. The first kappa shape index (κ1) is 25.9. The maximum absolute atomic E-state index is 13.3. The number of carbonyl (C=O) groups is 2. The fourth-order valence-corrected chi connectivity index (χ4v) is 5.06. The van der Waals surface area contributed by atoms with Gasteiger partial charge in [-0.2, -0.15) is 0 Å². The van der Waals surface area contributed by atoms with Crippen LogP contribution < -0.4 is 10.5 Å². The van der Waals surface area contributed by atoms with Gasteiger partial charge in [0.2, 0.25) is 5.78 Å². The summed E-state index contributed by atoms with van der Waals surface area (Å²) in [5.74, 6) is 0.414. The van der Waals surface area contributed by atoms with Crippen LogP contribution in [0.4, 0.5) is 5.82 Å². The number of hydrogen-bond acceptors (Lipinski definition) is 5. The number of carboxylic acids is 1. The second kappa shape index (κ2) is 11.7. The van der Waals surface area contributed by atoms with E-state index in [1.807, 2.05) is 12.1 Å². The molecule has 4 rings (SSSR count). The van der Waals surface area contributed by atoms with Gasteiger partial charge in [0.05, 0.1) is 11.7 Å². The predicted molar refractivity (Wildman–Crippen MR) is 141 cm³/mol. The van der Waals surface area contributed by atoms with E-state index in [1.165, 1.54) is 0 Å². The quantitative estimate of drug-likeness (QED) is 0.355. The summed E-state index contributed by atoms with van der Waals surface area (Å²) >= 11 is 6.05. The van der Waals surface area contributed by atoms with Gasteiger partial charge in [-0.25, -0.2) is 4.98 Å². The van der Waals surface area contributed by atoms with Gasteiger partial charge in [-0.1, -0.05) is 43.5 Å². The number of nitrogens with zero attached hydrogens (tertiary/aromatic N) is 4. The van der Waals surface area contributed by atoms with Crippen LogP contribution in [0.5, 0.6) is 0 Å². The third kappa shape index (κ3) is 5.81. The highest BCUT2D eigenvalue weighted by Crippen LogP contribution is 2.29. The highest BCUT2D eigenvalue weighted by molar-refractivity contribution is 6.30. The van der Waals surface area contributed by atoms with Crippen molar-refractivity contribution in [1.29, 1.82) is 0 Å². The Labute approximate surface area is 215 Å². The molecular formula is C27H33ClN4O4. The number of imidazole rings is 1. The number of carboxylic acid groups (broad SMARTS) is 1. The van der Waals surface area contributed by atoms with Gasteiger partial charge in [-0.3, -0.25) is 23.4 Å². The molecule has 3 aromatic rings. The Morgan fingerprint density at radius 2 is 1.89 bits per heavy atom. The van der Waals surface area contributed by atoms with Crippen LogP contribution in [0.2, 0.25) is 5.02 Å². The average molecular weight is 513 g/mol. The Hall–Kier alpha value is -3.13. The van der Waals surface area contributed by atoms with Crippen LogP contribution in [0.15, 0.2) is 41.3 Å². The molecule has 0 amide bonds. The van der Waals surface area contributed by atoms with Gasteiger partial charge in [-0.05, 0) is 44.2 Å². The highest BCUT2D eigenvalue weighted by atomic mass is 35.5. The number of aryl methyl sites for hydroxylation is 1. The molecule has 36 heavy (non-hydrogen) atoms. The predicted octanol–water partition coefficient (Wildman–Crippen LogP) is 5.19. The van der Waals surface area contributed by atoms with Crippen molar-refractivity contribution in [1.82, 2.24) is 14.0 Å². The first-order chi connectivity index (χ1) is 17.4. The number of ketones is 1. The van der Waals surface area contributed by atoms with Gasteiger partial charge in [0.25, 0.3) is 5.56 Å². The first-order valence-electron chi connectivity index (χ1n) is 12.8. The zero-order valence-electron chi connectivity index (χ0n) is 20.7. The summed E-state index contributed by atoms with van der Waals surface area (Å²) < 4.78 is 3.65. The molecule has 1 fully saturated rings. The Morgan fingerprint density at radius 3 is 2.61 bits per heavy atom. The van der Waals surface area contributed by atoms with Crippen LogP contribution in [0.1, 0.15) is 64.7 Å². The molecule has 0 aliphatic carbocycles. The van der Waals surface area contributed by atoms with E-state index in [2.05, 4.69) is 16.4 Å². The largest absolute Gasteiger partial charge is 0.481 e. The Bertz CT molecular complexity index is 1280. The smallest absolute Gasteiger partial charge is 0.303 e. The van der Waals surface area contributed by atoms with Gasteiger partial charge in [0, 0.05) is 48.8 Å². The van der Waals surface area contributed by atoms with Crippen LogP contribution in [0.3, 0.4) is 0 Å². The Morgan fingerprint density at radius 1 is 1.11 bits per heavy atom. The Balaban J connectivity index is 1.75. The van der Waals surface area contributed by atoms with Crippen molar-refractivity contribution in [2.24, 2.45) is 0 Å². The molecule has 0 spiro atoms. The number of Topliss-reactive ketones (excluding diaryl/α,β-unsaturated/α-hetero) is 1. The summed E-state index contributed by atoms with van der Waals surface area (Å²) in [4.78, 5) is 44.2. The number of piperidine rings is 1. The molecule has 1 aliphatic rings. The van der Waals surface area contributed by atoms with Crippen molar-refractivity contribution < 1.29 is 14.7 Å². The molecule has 1 aromatic carbocycles. The van der Waals surface area contributed by atoms with Gasteiger partial charge < -0.3 is 10.0 Å². The molecule has 0 saturated carbocycles. The number of anilines is 1. The summed E-state index contributed by atoms with van der Waals surface area (Å²) in [7, 11) is 0. The monoisotopic (exact) mass is 512 g/mol. The zero-order chi connectivity index (χ0) is 25.7. The number of unbranched alkanes of at least 4 members (excludes halogenated alkanes) is 2. The molecule has 0 unspecified atom stereocenters. The summed E-state index contributed by atoms with van der Waals surface area (Å²) in [6.45, 7) is 3.50. The standard InChI is InChI=1S/C27H33ClN4O4/c1-2-3-5-16-31-24(30-15-6-4-8-22(30)23(33)9-7-10-26(35)36)17-25(34)32-18-21(29-27(31)32)19-11-13-20(28)14-12-19/h11-14,17-18,22H,2-10,15-16H2,1H3,(H,35,36)/t22-/m1/s1. The number of aliphatic carboxylic acids is 1. The molecule has 9 heteroatoms. The van der Waals surface area contributed by atoms with Crippen molar-refractivity contribution in [3.8, 4) is 11.3 Å². The molecule has 192 valence electrons. The fourth-order valence-electron chi connectivity index (χ4n) is 4.94. The second-order valence-electron chi connectivity index (χ2n) is 9.42. The lowest BCUT2D eigenvalue weighted by Crippen LogP contribution is -2.46. The van der Waals surface area contributed by atoms with E-state index >= 15 is 0 Å². The molecule has 2 aromatic heterocycles. The van der Waals surface area contributed by atoms with Gasteiger partial charge >= 0.3 is 5.97 Å². The van der Waals surface area contributed by atoms with Crippen LogP contribution in [0.25, 0.3) is 17.0 Å². The number of fused-ring (bicyclic) bond motifs is 1. The van der Waals surface area contributed by atoms with E-state index in [1.54, 1.807) is 28.8 Å². The molecule has 8 nitrogen and oxygen atoms in total. The summed E-state index contributed by atoms with van der Waals surface area (Å²) in [5, 5.41) is 9.59. The van der Waals surface area contributed by atoms with E-state index in [9.17, 15) is 14.4 Å². The lowest BCUT2D eigenvalue weighted by atomic mass is 9.95. The molecule has 1 N–H and O–H groups in total. The number of carbonyl (C=O) groups excluding carboxylic acids is 1. The van der Waals surface area contributed by atoms with Crippen molar-refractivity contribution in [2.75, 3.05) is 11.4 Å². The first-order valence-corrected chi connectivity index (χ1v) is 13.2. The van der Waals surface area contributed by atoms with E-state index < -0.39 is 5.97 Å². The Kier molecular flexibility index (Phi) is 8.46. The number of halogens is 1. The minimum Gasteiger partial charge on any atom is -0.481 e. The maximum atomic E-state index is 13.3. The van der Waals surface area contributed by atoms with E-state index in [0.29, 0.717) is 48.2 Å². The maximum Gasteiger partial charge on any atom is 0.303 e. The zero-order valence-corrected chi connectivity index (χ0v) is 21.4. The van der Waals surface area contributed by atoms with Crippen LogP contribution in [-0.4, -0.2) is 43.4 Å². The molecule has 0 radical (unpaired) electrons. The molecule has 3 heterocycles. The topological polar surface area (TPSA) is 96.9 Å². The minimum atomic E-state index is -0.894. The SMILES string of the molecule is CCCCCn1c(N2CCCC[C@@H]2C(=O)CCCC(=O)O)cc(=O)n2cc(-c3ccc(Cl)cc3)nc12. The molecule has 1 aliphatic heterocycles. The minimum absolute atomic E-state index is 0.0201. The number of benzene rings is 1. The van der Waals surface area contributed by atoms with E-state index in [-0.39, 0.29) is 30.2 Å². The molecule has 0 bridgehead atoms. The normalized spacial score (nSPS) is 15.9. The van der Waals surface area contributed by atoms with E-state index in [0.717, 1.165) is 37.7 Å². The van der Waals surface area contributed by atoms with E-state index in [4.69, 9.17) is 21.7 Å². The summed E-state index contributed by atoms with van der Waals surface area (Å²) in [5.41, 5.74) is 1.36. The number of aromatic nitrogens is 3. The number of hydrogen-bond donors (Lipinski definition) is 1. The van der Waals surface area contributed by atoms with Crippen molar-refractivity contribution >= 4 is 34.9 Å². The third-order valence-corrected chi connectivity index (χ3v) is 7.06. The molecule has 1 atom stereocenters. The summed E-state index contributed by atoms with van der Waals surface area (Å²) in [6.07, 6.45) is 7.87. The van der Waals surface area contributed by atoms with Gasteiger partial charge in [0.1, 0.15) is 5.82 Å². The van der Waals surface area contributed by atoms with Crippen molar-refractivity contribution in [3.63, 3.8) is 0 Å². The average Bonchev–Trinajstić information content (AvgIpc) is 3.32. The third-order valence-electron chi connectivity index (χ3n) is 6.80. The van der Waals surface area contributed by atoms with Gasteiger partial charge in [-0.15, -0.1) is 0 Å².